The van der Waals surface area contributed by atoms with Crippen LogP contribution in [-0.4, -0.2) is 36.4 Å². The number of amides is 1. The number of hydrogen-bond donors (Lipinski definition) is 2. The van der Waals surface area contributed by atoms with Gasteiger partial charge in [-0.05, 0) is 25.1 Å². The molecule has 0 aliphatic heterocycles. The number of nitrogens with two attached hydrogens (primary N) is 1. The molecular formula is C15H20N4O. The summed E-state index contributed by atoms with van der Waals surface area (Å²) in [5, 5.41) is 5.26. The Morgan fingerprint density at radius 2 is 2.10 bits per heavy atom. The van der Waals surface area contributed by atoms with Gasteiger partial charge >= 0.3 is 0 Å². The summed E-state index contributed by atoms with van der Waals surface area (Å²) in [5.41, 5.74) is 8.59. The van der Waals surface area contributed by atoms with Crippen molar-refractivity contribution >= 4 is 28.1 Å². The second kappa shape index (κ2) is 5.77. The molecule has 0 atom stereocenters. The van der Waals surface area contributed by atoms with Crippen molar-refractivity contribution in [3.8, 4) is 0 Å². The summed E-state index contributed by atoms with van der Waals surface area (Å²) in [6.07, 6.45) is 2.25. The highest BCUT2D eigenvalue weighted by molar-refractivity contribution is 6.00. The van der Waals surface area contributed by atoms with Crippen LogP contribution >= 0.6 is 0 Å². The summed E-state index contributed by atoms with van der Waals surface area (Å²) in [7, 11) is 3.52. The zero-order valence-corrected chi connectivity index (χ0v) is 12.1. The van der Waals surface area contributed by atoms with Crippen LogP contribution in [0.3, 0.4) is 0 Å². The number of nitrogens with zero attached hydrogens (tertiary/aromatic N) is 2. The molecule has 1 aromatic heterocycles. The van der Waals surface area contributed by atoms with E-state index in [4.69, 9.17) is 5.73 Å². The van der Waals surface area contributed by atoms with Crippen molar-refractivity contribution in [1.29, 1.82) is 0 Å². The molecule has 1 heterocycles. The number of nitrogen functional groups attached to an aromatic ring is 1. The van der Waals surface area contributed by atoms with Crippen LogP contribution in [0, 0.1) is 6.92 Å². The summed E-state index contributed by atoms with van der Waals surface area (Å²) in [6, 6.07) is 5.80. The van der Waals surface area contributed by atoms with Crippen LogP contribution in [0.2, 0.25) is 0 Å². The van der Waals surface area contributed by atoms with Gasteiger partial charge in [-0.25, -0.2) is 0 Å². The van der Waals surface area contributed by atoms with Crippen molar-refractivity contribution in [1.82, 2.24) is 9.88 Å². The highest BCUT2D eigenvalue weighted by atomic mass is 16.2. The number of benzene rings is 1. The molecule has 20 heavy (non-hydrogen) atoms. The van der Waals surface area contributed by atoms with E-state index in [0.29, 0.717) is 18.7 Å². The van der Waals surface area contributed by atoms with Gasteiger partial charge in [0.2, 0.25) is 5.91 Å². The van der Waals surface area contributed by atoms with Gasteiger partial charge in [0.1, 0.15) is 0 Å². The van der Waals surface area contributed by atoms with Crippen molar-refractivity contribution in [3.63, 3.8) is 0 Å². The lowest BCUT2D eigenvalue weighted by Crippen LogP contribution is -2.23. The Labute approximate surface area is 118 Å². The maximum Gasteiger partial charge on any atom is 0.223 e. The largest absolute Gasteiger partial charge is 0.398 e. The molecule has 5 nitrogen and oxygen atoms in total. The number of aryl methyl sites for hydroxylation is 1. The minimum absolute atomic E-state index is 0.107. The van der Waals surface area contributed by atoms with E-state index < -0.39 is 0 Å². The molecule has 2 aromatic rings. The highest BCUT2D eigenvalue weighted by Gasteiger charge is 2.07. The quantitative estimate of drug-likeness (QED) is 0.835. The molecule has 0 radical (unpaired) electrons. The first-order chi connectivity index (χ1) is 9.49. The smallest absolute Gasteiger partial charge is 0.223 e. The van der Waals surface area contributed by atoms with Crippen LogP contribution in [0.25, 0.3) is 10.8 Å². The van der Waals surface area contributed by atoms with Gasteiger partial charge < -0.3 is 16.0 Å². The molecule has 5 heteroatoms. The van der Waals surface area contributed by atoms with Crippen LogP contribution in [0.15, 0.2) is 24.4 Å². The second-order valence-electron chi connectivity index (χ2n) is 5.04. The van der Waals surface area contributed by atoms with E-state index in [-0.39, 0.29) is 5.91 Å². The van der Waals surface area contributed by atoms with Crippen LogP contribution in [0.1, 0.15) is 12.1 Å². The lowest BCUT2D eigenvalue weighted by Gasteiger charge is -2.13. The summed E-state index contributed by atoms with van der Waals surface area (Å²) in [5.74, 6) is 0.107. The second-order valence-corrected chi connectivity index (χ2v) is 5.04. The molecule has 1 amide bonds. The number of fused-ring (bicyclic) bond motifs is 1. The fourth-order valence-electron chi connectivity index (χ4n) is 2.05. The molecule has 0 aliphatic rings. The summed E-state index contributed by atoms with van der Waals surface area (Å²) >= 11 is 0. The normalized spacial score (nSPS) is 10.6. The van der Waals surface area contributed by atoms with Gasteiger partial charge in [-0.15, -0.1) is 0 Å². The van der Waals surface area contributed by atoms with E-state index in [2.05, 4.69) is 10.3 Å². The SMILES string of the molecule is Cc1cc2c(NCCC(=O)N(C)C)ccc(N)c2cn1. The summed E-state index contributed by atoms with van der Waals surface area (Å²) in [6.45, 7) is 2.54. The average molecular weight is 272 g/mol. The van der Waals surface area contributed by atoms with E-state index >= 15 is 0 Å². The average Bonchev–Trinajstić information content (AvgIpc) is 2.41. The number of nitrogens with one attached hydrogen (secondary N) is 1. The third kappa shape index (κ3) is 2.99. The number of carbonyl (C=O) groups is 1. The monoisotopic (exact) mass is 272 g/mol. The molecule has 0 fully saturated rings. The summed E-state index contributed by atoms with van der Waals surface area (Å²) in [4.78, 5) is 17.4. The van der Waals surface area contributed by atoms with Crippen molar-refractivity contribution in [3.05, 3.63) is 30.1 Å². The molecule has 0 saturated heterocycles. The Morgan fingerprint density at radius 3 is 2.80 bits per heavy atom. The van der Waals surface area contributed by atoms with Crippen molar-refractivity contribution in [2.75, 3.05) is 31.7 Å². The van der Waals surface area contributed by atoms with Crippen LogP contribution in [0.5, 0.6) is 0 Å². The van der Waals surface area contributed by atoms with E-state index in [1.165, 1.54) is 0 Å². The number of hydrogen-bond acceptors (Lipinski definition) is 4. The minimum Gasteiger partial charge on any atom is -0.398 e. The number of anilines is 2. The van der Waals surface area contributed by atoms with Crippen LogP contribution < -0.4 is 11.1 Å². The number of aromatic nitrogens is 1. The molecule has 0 unspecified atom stereocenters. The molecule has 0 aliphatic carbocycles. The minimum atomic E-state index is 0.107. The van der Waals surface area contributed by atoms with E-state index in [9.17, 15) is 4.79 Å². The maximum atomic E-state index is 11.6. The first kappa shape index (κ1) is 14.1. The molecule has 2 rings (SSSR count). The molecule has 0 spiro atoms. The lowest BCUT2D eigenvalue weighted by atomic mass is 10.1. The van der Waals surface area contributed by atoms with Gasteiger partial charge in [0.25, 0.3) is 0 Å². The van der Waals surface area contributed by atoms with Crippen LogP contribution in [0.4, 0.5) is 11.4 Å². The number of carbonyl (C=O) groups excluding carboxylic acids is 1. The lowest BCUT2D eigenvalue weighted by molar-refractivity contribution is -0.128. The van der Waals surface area contributed by atoms with Gasteiger partial charge in [0.15, 0.2) is 0 Å². The predicted octanol–water partition coefficient (Wildman–Crippen LogP) is 2.02. The Bertz CT molecular complexity index is 637. The van der Waals surface area contributed by atoms with Gasteiger partial charge in [-0.1, -0.05) is 0 Å². The van der Waals surface area contributed by atoms with Gasteiger partial charge in [-0.3, -0.25) is 9.78 Å². The molecule has 106 valence electrons. The predicted molar refractivity (Wildman–Crippen MR) is 82.7 cm³/mol. The molecule has 1 aromatic carbocycles. The third-order valence-corrected chi connectivity index (χ3v) is 3.22. The van der Waals surface area contributed by atoms with Gasteiger partial charge in [-0.2, -0.15) is 0 Å². The standard InChI is InChI=1S/C15H20N4O/c1-10-8-11-12(9-18-10)13(16)4-5-14(11)17-7-6-15(20)19(2)3/h4-5,8-9,17H,6-7,16H2,1-3H3. The maximum absolute atomic E-state index is 11.6. The fraction of sp³-hybridized carbons (Fsp3) is 0.333. The Kier molecular flexibility index (Phi) is 4.08. The molecular weight excluding hydrogens is 252 g/mol. The van der Waals surface area contributed by atoms with Crippen molar-refractivity contribution in [2.45, 2.75) is 13.3 Å². The van der Waals surface area contributed by atoms with Crippen molar-refractivity contribution in [2.24, 2.45) is 0 Å². The molecule has 3 N–H and O–H groups in total. The number of pyridine rings is 1. The topological polar surface area (TPSA) is 71.2 Å². The van der Waals surface area contributed by atoms with E-state index in [1.54, 1.807) is 25.2 Å². The van der Waals surface area contributed by atoms with Crippen LogP contribution in [-0.2, 0) is 4.79 Å². The molecule has 0 saturated carbocycles. The Morgan fingerprint density at radius 1 is 1.35 bits per heavy atom. The summed E-state index contributed by atoms with van der Waals surface area (Å²) < 4.78 is 0. The van der Waals surface area contributed by atoms with E-state index in [1.807, 2.05) is 25.1 Å². The van der Waals surface area contributed by atoms with Crippen molar-refractivity contribution < 1.29 is 4.79 Å². The Balaban J connectivity index is 2.20. The van der Waals surface area contributed by atoms with Gasteiger partial charge in [0, 0.05) is 61.1 Å². The first-order valence-electron chi connectivity index (χ1n) is 6.58. The number of rotatable bonds is 4. The highest BCUT2D eigenvalue weighted by Crippen LogP contribution is 2.28. The molecule has 0 bridgehead atoms. The Hall–Kier alpha value is -2.30. The van der Waals surface area contributed by atoms with E-state index in [0.717, 1.165) is 22.2 Å². The fourth-order valence-corrected chi connectivity index (χ4v) is 2.05. The third-order valence-electron chi connectivity index (χ3n) is 3.22. The van der Waals surface area contributed by atoms with Gasteiger partial charge in [0.05, 0.1) is 0 Å². The zero-order valence-electron chi connectivity index (χ0n) is 12.1. The first-order valence-corrected chi connectivity index (χ1v) is 6.58. The zero-order chi connectivity index (χ0) is 14.7.